The molecule has 8 heteroatoms. The molecule has 0 aromatic heterocycles. The number of carbonyl (C=O) groups excluding carboxylic acids is 1. The van der Waals surface area contributed by atoms with Crippen LogP contribution in [0.25, 0.3) is 0 Å². The van der Waals surface area contributed by atoms with E-state index in [2.05, 4.69) is 5.32 Å². The SMILES string of the molecule is COc1cc(N)c(Cl)cc1CC(NC(=O)OC(C)(C)C)C(=O)O. The van der Waals surface area contributed by atoms with Gasteiger partial charge in [-0.3, -0.25) is 0 Å². The van der Waals surface area contributed by atoms with Crippen molar-refractivity contribution in [1.29, 1.82) is 0 Å². The highest BCUT2D eigenvalue weighted by molar-refractivity contribution is 6.33. The highest BCUT2D eigenvalue weighted by Gasteiger charge is 2.25. The minimum absolute atomic E-state index is 0.0300. The molecule has 1 aromatic carbocycles. The lowest BCUT2D eigenvalue weighted by atomic mass is 10.0. The molecule has 0 bridgehead atoms. The number of anilines is 1. The van der Waals surface area contributed by atoms with Gasteiger partial charge in [-0.15, -0.1) is 0 Å². The maximum atomic E-state index is 11.8. The molecule has 0 aliphatic heterocycles. The van der Waals surface area contributed by atoms with E-state index in [0.29, 0.717) is 17.0 Å². The lowest BCUT2D eigenvalue weighted by Gasteiger charge is -2.22. The summed E-state index contributed by atoms with van der Waals surface area (Å²) in [4.78, 5) is 23.2. The number of hydrogen-bond acceptors (Lipinski definition) is 5. The van der Waals surface area contributed by atoms with Crippen molar-refractivity contribution in [3.05, 3.63) is 22.7 Å². The largest absolute Gasteiger partial charge is 0.496 e. The first-order valence-electron chi connectivity index (χ1n) is 6.87. The topological polar surface area (TPSA) is 111 Å². The molecular formula is C15H21ClN2O5. The highest BCUT2D eigenvalue weighted by Crippen LogP contribution is 2.29. The van der Waals surface area contributed by atoms with Crippen molar-refractivity contribution in [3.63, 3.8) is 0 Å². The summed E-state index contributed by atoms with van der Waals surface area (Å²) in [6.45, 7) is 5.06. The number of rotatable bonds is 5. The minimum Gasteiger partial charge on any atom is -0.496 e. The number of carboxylic acids is 1. The predicted octanol–water partition coefficient (Wildman–Crippen LogP) is 2.45. The number of nitrogens with one attached hydrogen (secondary N) is 1. The second-order valence-corrected chi connectivity index (χ2v) is 6.33. The van der Waals surface area contributed by atoms with Crippen molar-refractivity contribution in [1.82, 2.24) is 5.32 Å². The number of alkyl carbamates (subject to hydrolysis) is 1. The van der Waals surface area contributed by atoms with Gasteiger partial charge in [0.15, 0.2) is 0 Å². The fraction of sp³-hybridized carbons (Fsp3) is 0.467. The summed E-state index contributed by atoms with van der Waals surface area (Å²) in [6.07, 6.45) is -0.844. The molecule has 0 aliphatic carbocycles. The summed E-state index contributed by atoms with van der Waals surface area (Å²) < 4.78 is 10.2. The van der Waals surface area contributed by atoms with Crippen LogP contribution in [0.3, 0.4) is 0 Å². The average Bonchev–Trinajstić information content (AvgIpc) is 2.39. The van der Waals surface area contributed by atoms with Gasteiger partial charge in [-0.05, 0) is 32.4 Å². The van der Waals surface area contributed by atoms with Crippen molar-refractivity contribution < 1.29 is 24.2 Å². The zero-order valence-corrected chi connectivity index (χ0v) is 14.2. The average molecular weight is 345 g/mol. The van der Waals surface area contributed by atoms with Crippen LogP contribution in [0.2, 0.25) is 5.02 Å². The van der Waals surface area contributed by atoms with Crippen molar-refractivity contribution in [2.24, 2.45) is 0 Å². The Morgan fingerprint density at radius 3 is 2.48 bits per heavy atom. The Hall–Kier alpha value is -2.15. The van der Waals surface area contributed by atoms with E-state index in [9.17, 15) is 14.7 Å². The number of nitrogen functional groups attached to an aromatic ring is 1. The van der Waals surface area contributed by atoms with Gasteiger partial charge in [0.25, 0.3) is 0 Å². The first kappa shape index (κ1) is 18.9. The fourth-order valence-electron chi connectivity index (χ4n) is 1.83. The third-order valence-corrected chi connectivity index (χ3v) is 3.14. The maximum absolute atomic E-state index is 11.8. The van der Waals surface area contributed by atoms with Gasteiger partial charge in [0.1, 0.15) is 17.4 Å². The molecule has 4 N–H and O–H groups in total. The summed E-state index contributed by atoms with van der Waals surface area (Å²) in [5, 5.41) is 11.9. The molecule has 1 unspecified atom stereocenters. The van der Waals surface area contributed by atoms with E-state index in [1.54, 1.807) is 20.8 Å². The summed E-state index contributed by atoms with van der Waals surface area (Å²) in [7, 11) is 1.43. The molecular weight excluding hydrogens is 324 g/mol. The van der Waals surface area contributed by atoms with Gasteiger partial charge in [-0.2, -0.15) is 0 Å². The van der Waals surface area contributed by atoms with Crippen LogP contribution >= 0.6 is 11.6 Å². The summed E-state index contributed by atoms with van der Waals surface area (Å²) in [5.74, 6) is -0.810. The lowest BCUT2D eigenvalue weighted by molar-refractivity contribution is -0.139. The first-order chi connectivity index (χ1) is 10.5. The number of carboxylic acid groups (broad SMARTS) is 1. The van der Waals surface area contributed by atoms with Gasteiger partial charge in [-0.1, -0.05) is 11.6 Å². The van der Waals surface area contributed by atoms with E-state index in [1.165, 1.54) is 19.2 Å². The van der Waals surface area contributed by atoms with E-state index in [4.69, 9.17) is 26.8 Å². The van der Waals surface area contributed by atoms with Gasteiger partial charge >= 0.3 is 12.1 Å². The van der Waals surface area contributed by atoms with Gasteiger partial charge in [-0.25, -0.2) is 9.59 Å². The molecule has 7 nitrogen and oxygen atoms in total. The molecule has 23 heavy (non-hydrogen) atoms. The highest BCUT2D eigenvalue weighted by atomic mass is 35.5. The van der Waals surface area contributed by atoms with Gasteiger partial charge in [0, 0.05) is 12.5 Å². The van der Waals surface area contributed by atoms with Crippen LogP contribution in [0.5, 0.6) is 5.75 Å². The van der Waals surface area contributed by atoms with Crippen molar-refractivity contribution in [2.75, 3.05) is 12.8 Å². The van der Waals surface area contributed by atoms with E-state index in [1.807, 2.05) is 0 Å². The van der Waals surface area contributed by atoms with Crippen LogP contribution < -0.4 is 15.8 Å². The molecule has 1 aromatic rings. The zero-order valence-electron chi connectivity index (χ0n) is 13.5. The number of methoxy groups -OCH3 is 1. The van der Waals surface area contributed by atoms with E-state index < -0.39 is 23.7 Å². The number of ether oxygens (including phenoxy) is 2. The second kappa shape index (κ2) is 7.41. The molecule has 128 valence electrons. The fourth-order valence-corrected chi connectivity index (χ4v) is 2.02. The number of nitrogens with two attached hydrogens (primary N) is 1. The van der Waals surface area contributed by atoms with E-state index in [0.717, 1.165) is 0 Å². The summed E-state index contributed by atoms with van der Waals surface area (Å²) in [6, 6.07) is 1.82. The van der Waals surface area contributed by atoms with Gasteiger partial charge in [0.05, 0.1) is 17.8 Å². The molecule has 0 heterocycles. The van der Waals surface area contributed by atoms with Crippen LogP contribution in [0.1, 0.15) is 26.3 Å². The Morgan fingerprint density at radius 2 is 2.00 bits per heavy atom. The minimum atomic E-state index is -1.20. The monoisotopic (exact) mass is 344 g/mol. The Morgan fingerprint density at radius 1 is 1.39 bits per heavy atom. The third-order valence-electron chi connectivity index (χ3n) is 2.81. The summed E-state index contributed by atoms with van der Waals surface area (Å²) in [5.41, 5.74) is 5.79. The molecule has 0 saturated carbocycles. The van der Waals surface area contributed by atoms with E-state index in [-0.39, 0.29) is 11.4 Å². The van der Waals surface area contributed by atoms with Crippen LogP contribution in [0.15, 0.2) is 12.1 Å². The molecule has 0 saturated heterocycles. The Bertz CT molecular complexity index is 598. The van der Waals surface area contributed by atoms with Gasteiger partial charge < -0.3 is 25.6 Å². The van der Waals surface area contributed by atoms with Crippen LogP contribution in [-0.4, -0.2) is 35.9 Å². The smallest absolute Gasteiger partial charge is 0.408 e. The third kappa shape index (κ3) is 5.86. The first-order valence-corrected chi connectivity index (χ1v) is 7.25. The molecule has 1 atom stereocenters. The summed E-state index contributed by atoms with van der Waals surface area (Å²) >= 11 is 5.96. The molecule has 0 aliphatic rings. The van der Waals surface area contributed by atoms with Crippen molar-refractivity contribution in [3.8, 4) is 5.75 Å². The molecule has 1 amide bonds. The Kier molecular flexibility index (Phi) is 6.09. The molecule has 0 spiro atoms. The van der Waals surface area contributed by atoms with Gasteiger partial charge in [0.2, 0.25) is 0 Å². The normalized spacial score (nSPS) is 12.4. The Balaban J connectivity index is 2.95. The lowest BCUT2D eigenvalue weighted by Crippen LogP contribution is -2.44. The van der Waals surface area contributed by atoms with Crippen LogP contribution in [0, 0.1) is 0 Å². The quantitative estimate of drug-likeness (QED) is 0.707. The molecule has 0 fully saturated rings. The Labute approximate surface area is 139 Å². The number of amides is 1. The zero-order chi connectivity index (χ0) is 17.8. The standard InChI is InChI=1S/C15H21ClN2O5/c1-15(2,3)23-14(21)18-11(13(19)20)6-8-5-9(16)10(17)7-12(8)22-4/h5,7,11H,6,17H2,1-4H3,(H,18,21)(H,19,20). The number of aliphatic carboxylic acids is 1. The van der Waals surface area contributed by atoms with Crippen molar-refractivity contribution in [2.45, 2.75) is 38.8 Å². The molecule has 1 rings (SSSR count). The molecule has 0 radical (unpaired) electrons. The number of halogens is 1. The van der Waals surface area contributed by atoms with Crippen molar-refractivity contribution >= 4 is 29.4 Å². The maximum Gasteiger partial charge on any atom is 0.408 e. The number of hydrogen-bond donors (Lipinski definition) is 3. The van der Waals surface area contributed by atoms with Crippen LogP contribution in [0.4, 0.5) is 10.5 Å². The van der Waals surface area contributed by atoms with E-state index >= 15 is 0 Å². The van der Waals surface area contributed by atoms with Crippen LogP contribution in [-0.2, 0) is 16.0 Å². The predicted molar refractivity (Wildman–Crippen MR) is 86.9 cm³/mol. The number of carbonyl (C=O) groups is 2. The second-order valence-electron chi connectivity index (χ2n) is 5.93. The number of benzene rings is 1.